The molecule has 1 fully saturated rings. The van der Waals surface area contributed by atoms with E-state index in [1.165, 1.54) is 25.7 Å². The largest absolute Gasteiger partial charge is 0.476 e. The van der Waals surface area contributed by atoms with Gasteiger partial charge in [0.1, 0.15) is 5.82 Å². The second-order valence-electron chi connectivity index (χ2n) is 5.69. The minimum Gasteiger partial charge on any atom is -0.476 e. The molecule has 2 N–H and O–H groups in total. The Morgan fingerprint density at radius 3 is 3.00 bits per heavy atom. The normalized spacial score (nSPS) is 22.5. The van der Waals surface area contributed by atoms with E-state index in [1.54, 1.807) is 12.1 Å². The molecule has 5 heteroatoms. The van der Waals surface area contributed by atoms with E-state index in [1.807, 2.05) is 0 Å². The molecular formula is C15H21ClN2O2. The van der Waals surface area contributed by atoms with E-state index in [-0.39, 0.29) is 10.7 Å². The Morgan fingerprint density at radius 1 is 1.50 bits per heavy atom. The smallest absolute Gasteiger partial charge is 0.356 e. The number of carbonyl (C=O) groups is 1. The van der Waals surface area contributed by atoms with E-state index in [0.717, 1.165) is 24.8 Å². The molecule has 0 aromatic carbocycles. The van der Waals surface area contributed by atoms with Crippen LogP contribution >= 0.6 is 11.6 Å². The fourth-order valence-corrected chi connectivity index (χ4v) is 3.10. The zero-order valence-corrected chi connectivity index (χ0v) is 12.5. The van der Waals surface area contributed by atoms with Crippen LogP contribution in [0.2, 0.25) is 5.02 Å². The van der Waals surface area contributed by atoms with E-state index in [4.69, 9.17) is 16.7 Å². The SMILES string of the molecule is CC1CCCC(CCNc2ccc(Cl)c(C(=O)O)n2)C1. The summed E-state index contributed by atoms with van der Waals surface area (Å²) in [6, 6.07) is 3.29. The van der Waals surface area contributed by atoms with Crippen molar-refractivity contribution >= 4 is 23.4 Å². The maximum Gasteiger partial charge on any atom is 0.356 e. The van der Waals surface area contributed by atoms with Crippen molar-refractivity contribution in [3.63, 3.8) is 0 Å². The predicted octanol–water partition coefficient (Wildman–Crippen LogP) is 4.06. The van der Waals surface area contributed by atoms with E-state index in [9.17, 15) is 4.79 Å². The molecule has 0 amide bonds. The van der Waals surface area contributed by atoms with Gasteiger partial charge in [-0.15, -0.1) is 0 Å². The highest BCUT2D eigenvalue weighted by Crippen LogP contribution is 2.30. The van der Waals surface area contributed by atoms with E-state index in [0.29, 0.717) is 5.82 Å². The minimum atomic E-state index is -1.10. The number of halogens is 1. The summed E-state index contributed by atoms with van der Waals surface area (Å²) < 4.78 is 0. The second kappa shape index (κ2) is 6.93. The molecule has 0 radical (unpaired) electrons. The van der Waals surface area contributed by atoms with Crippen LogP contribution in [-0.4, -0.2) is 22.6 Å². The molecule has 2 atom stereocenters. The molecule has 0 aliphatic heterocycles. The van der Waals surface area contributed by atoms with Crippen LogP contribution in [0.5, 0.6) is 0 Å². The molecule has 2 rings (SSSR count). The molecule has 1 saturated carbocycles. The van der Waals surface area contributed by atoms with Gasteiger partial charge in [0.25, 0.3) is 0 Å². The van der Waals surface area contributed by atoms with Crippen molar-refractivity contribution in [1.82, 2.24) is 4.98 Å². The third-order valence-corrected chi connectivity index (χ3v) is 4.26. The maximum absolute atomic E-state index is 11.0. The number of hydrogen-bond acceptors (Lipinski definition) is 3. The predicted molar refractivity (Wildman–Crippen MR) is 80.4 cm³/mol. The Bertz CT molecular complexity index is 479. The first kappa shape index (κ1) is 15.1. The van der Waals surface area contributed by atoms with Crippen LogP contribution in [0.1, 0.15) is 49.5 Å². The lowest BCUT2D eigenvalue weighted by Crippen LogP contribution is -2.17. The van der Waals surface area contributed by atoms with Gasteiger partial charge in [-0.2, -0.15) is 0 Å². The van der Waals surface area contributed by atoms with Gasteiger partial charge in [0.05, 0.1) is 5.02 Å². The van der Waals surface area contributed by atoms with Crippen LogP contribution in [0.25, 0.3) is 0 Å². The zero-order valence-electron chi connectivity index (χ0n) is 11.7. The summed E-state index contributed by atoms with van der Waals surface area (Å²) in [6.07, 6.45) is 6.40. The number of nitrogens with zero attached hydrogens (tertiary/aromatic N) is 1. The van der Waals surface area contributed by atoms with Crippen molar-refractivity contribution in [1.29, 1.82) is 0 Å². The minimum absolute atomic E-state index is 0.0945. The molecule has 1 aliphatic rings. The number of aromatic carboxylic acids is 1. The highest BCUT2D eigenvalue weighted by Gasteiger charge is 2.18. The Morgan fingerprint density at radius 2 is 2.30 bits per heavy atom. The van der Waals surface area contributed by atoms with Gasteiger partial charge in [-0.3, -0.25) is 0 Å². The summed E-state index contributed by atoms with van der Waals surface area (Å²) in [5.74, 6) is 1.09. The molecule has 110 valence electrons. The molecule has 2 unspecified atom stereocenters. The van der Waals surface area contributed by atoms with Crippen molar-refractivity contribution in [3.05, 3.63) is 22.8 Å². The van der Waals surface area contributed by atoms with E-state index in [2.05, 4.69) is 17.2 Å². The molecule has 1 heterocycles. The standard InChI is InChI=1S/C15H21ClN2O2/c1-10-3-2-4-11(9-10)7-8-17-13-6-5-12(16)14(18-13)15(19)20/h5-6,10-11H,2-4,7-9H2,1H3,(H,17,18)(H,19,20). The number of carboxylic acids is 1. The Kier molecular flexibility index (Phi) is 5.24. The molecule has 0 bridgehead atoms. The zero-order chi connectivity index (χ0) is 14.5. The second-order valence-corrected chi connectivity index (χ2v) is 6.09. The Hall–Kier alpha value is -1.29. The highest BCUT2D eigenvalue weighted by molar-refractivity contribution is 6.33. The molecule has 1 aromatic rings. The van der Waals surface area contributed by atoms with Crippen LogP contribution in [0, 0.1) is 11.8 Å². The molecule has 0 saturated heterocycles. The third kappa shape index (κ3) is 4.10. The van der Waals surface area contributed by atoms with Crippen molar-refractivity contribution in [2.24, 2.45) is 11.8 Å². The number of nitrogens with one attached hydrogen (secondary N) is 1. The number of hydrogen-bond donors (Lipinski definition) is 2. The van der Waals surface area contributed by atoms with Crippen molar-refractivity contribution in [2.75, 3.05) is 11.9 Å². The van der Waals surface area contributed by atoms with Gasteiger partial charge in [-0.25, -0.2) is 9.78 Å². The van der Waals surface area contributed by atoms with Crippen LogP contribution in [0.4, 0.5) is 5.82 Å². The Labute approximate surface area is 124 Å². The third-order valence-electron chi connectivity index (χ3n) is 3.95. The van der Waals surface area contributed by atoms with Gasteiger partial charge in [-0.1, -0.05) is 37.8 Å². The summed E-state index contributed by atoms with van der Waals surface area (Å²) in [7, 11) is 0. The van der Waals surface area contributed by atoms with Gasteiger partial charge in [0.15, 0.2) is 5.69 Å². The lowest BCUT2D eigenvalue weighted by molar-refractivity contribution is 0.0691. The molecule has 0 spiro atoms. The van der Waals surface area contributed by atoms with E-state index < -0.39 is 5.97 Å². The molecule has 1 aliphatic carbocycles. The number of carboxylic acid groups (broad SMARTS) is 1. The van der Waals surface area contributed by atoms with Crippen molar-refractivity contribution < 1.29 is 9.90 Å². The lowest BCUT2D eigenvalue weighted by atomic mass is 9.81. The van der Waals surface area contributed by atoms with Gasteiger partial charge < -0.3 is 10.4 Å². The van der Waals surface area contributed by atoms with Gasteiger partial charge >= 0.3 is 5.97 Å². The first-order valence-electron chi connectivity index (χ1n) is 7.20. The Balaban J connectivity index is 1.85. The lowest BCUT2D eigenvalue weighted by Gasteiger charge is -2.26. The topological polar surface area (TPSA) is 62.2 Å². The van der Waals surface area contributed by atoms with Crippen LogP contribution in [0.3, 0.4) is 0 Å². The fourth-order valence-electron chi connectivity index (χ4n) is 2.92. The molecular weight excluding hydrogens is 276 g/mol. The first-order chi connectivity index (χ1) is 9.56. The van der Waals surface area contributed by atoms with Crippen LogP contribution in [-0.2, 0) is 0 Å². The molecule has 1 aromatic heterocycles. The maximum atomic E-state index is 11.0. The number of rotatable bonds is 5. The summed E-state index contributed by atoms with van der Waals surface area (Å²) in [6.45, 7) is 3.14. The van der Waals surface area contributed by atoms with Crippen molar-refractivity contribution in [3.8, 4) is 0 Å². The number of aromatic nitrogens is 1. The summed E-state index contributed by atoms with van der Waals surface area (Å²) in [4.78, 5) is 15.0. The van der Waals surface area contributed by atoms with Crippen molar-refractivity contribution in [2.45, 2.75) is 39.0 Å². The van der Waals surface area contributed by atoms with Gasteiger partial charge in [0.2, 0.25) is 0 Å². The first-order valence-corrected chi connectivity index (χ1v) is 7.57. The average Bonchev–Trinajstić information content (AvgIpc) is 2.40. The molecule has 20 heavy (non-hydrogen) atoms. The fraction of sp³-hybridized carbons (Fsp3) is 0.600. The number of anilines is 1. The number of pyridine rings is 1. The average molecular weight is 297 g/mol. The summed E-state index contributed by atoms with van der Waals surface area (Å²) in [5, 5.41) is 12.3. The summed E-state index contributed by atoms with van der Waals surface area (Å²) >= 11 is 5.79. The molecule has 4 nitrogen and oxygen atoms in total. The van der Waals surface area contributed by atoms with E-state index >= 15 is 0 Å². The highest BCUT2D eigenvalue weighted by atomic mass is 35.5. The van der Waals surface area contributed by atoms with Gasteiger partial charge in [0, 0.05) is 6.54 Å². The van der Waals surface area contributed by atoms with Gasteiger partial charge in [-0.05, 0) is 36.8 Å². The quantitative estimate of drug-likeness (QED) is 0.860. The summed E-state index contributed by atoms with van der Waals surface area (Å²) in [5.41, 5.74) is -0.0945. The van der Waals surface area contributed by atoms with Crippen LogP contribution in [0.15, 0.2) is 12.1 Å². The van der Waals surface area contributed by atoms with Crippen LogP contribution < -0.4 is 5.32 Å². The monoisotopic (exact) mass is 296 g/mol.